The minimum atomic E-state index is -4.15. The minimum absolute atomic E-state index is 0.170. The Morgan fingerprint density at radius 2 is 1.85 bits per heavy atom. The zero-order valence-corrected chi connectivity index (χ0v) is 11.2. The SMILES string of the molecule is CC(C)NCc1cnc(COCC(F)(F)C(F)F)nc1. The fourth-order valence-electron chi connectivity index (χ4n) is 1.21. The fraction of sp³-hybridized carbons (Fsp3) is 0.667. The highest BCUT2D eigenvalue weighted by molar-refractivity contribution is 5.04. The highest BCUT2D eigenvalue weighted by atomic mass is 19.3. The first kappa shape index (κ1) is 16.8. The molecule has 114 valence electrons. The van der Waals surface area contributed by atoms with Crippen molar-refractivity contribution in [3.8, 4) is 0 Å². The van der Waals surface area contributed by atoms with Crippen molar-refractivity contribution < 1.29 is 22.3 Å². The second-order valence-electron chi connectivity index (χ2n) is 4.60. The van der Waals surface area contributed by atoms with Gasteiger partial charge in [0.1, 0.15) is 13.2 Å². The number of hydrogen-bond acceptors (Lipinski definition) is 4. The lowest BCUT2D eigenvalue weighted by atomic mass is 10.3. The van der Waals surface area contributed by atoms with E-state index >= 15 is 0 Å². The van der Waals surface area contributed by atoms with Crippen LogP contribution >= 0.6 is 0 Å². The molecule has 0 saturated carbocycles. The summed E-state index contributed by atoms with van der Waals surface area (Å²) in [5.41, 5.74) is 0.834. The van der Waals surface area contributed by atoms with Gasteiger partial charge >= 0.3 is 12.3 Å². The Balaban J connectivity index is 2.38. The second kappa shape index (κ2) is 7.49. The Bertz CT molecular complexity index is 398. The van der Waals surface area contributed by atoms with E-state index in [1.165, 1.54) is 12.4 Å². The Hall–Kier alpha value is -1.28. The maximum atomic E-state index is 12.6. The molecule has 0 bridgehead atoms. The molecule has 0 amide bonds. The van der Waals surface area contributed by atoms with Gasteiger partial charge in [0, 0.05) is 30.5 Å². The van der Waals surface area contributed by atoms with Gasteiger partial charge in [-0.2, -0.15) is 8.78 Å². The van der Waals surface area contributed by atoms with Crippen molar-refractivity contribution in [1.29, 1.82) is 0 Å². The molecule has 0 unspecified atom stereocenters. The Kier molecular flexibility index (Phi) is 6.28. The largest absolute Gasteiger partial charge is 0.367 e. The van der Waals surface area contributed by atoms with Crippen molar-refractivity contribution in [2.45, 2.75) is 45.4 Å². The third kappa shape index (κ3) is 5.79. The molecule has 1 heterocycles. The first-order chi connectivity index (χ1) is 9.31. The van der Waals surface area contributed by atoms with Crippen LogP contribution in [0.4, 0.5) is 17.6 Å². The number of hydrogen-bond donors (Lipinski definition) is 1. The van der Waals surface area contributed by atoms with Gasteiger partial charge in [-0.15, -0.1) is 0 Å². The molecular formula is C12H17F4N3O. The molecule has 20 heavy (non-hydrogen) atoms. The quantitative estimate of drug-likeness (QED) is 0.748. The highest BCUT2D eigenvalue weighted by Gasteiger charge is 2.40. The molecule has 1 aromatic rings. The zero-order chi connectivity index (χ0) is 15.2. The van der Waals surface area contributed by atoms with Gasteiger partial charge in [0.2, 0.25) is 0 Å². The Labute approximate surface area is 114 Å². The van der Waals surface area contributed by atoms with Crippen molar-refractivity contribution in [2.75, 3.05) is 6.61 Å². The van der Waals surface area contributed by atoms with E-state index in [2.05, 4.69) is 20.0 Å². The number of rotatable bonds is 8. The molecule has 0 aliphatic heterocycles. The predicted octanol–water partition coefficient (Wildman–Crippen LogP) is 2.39. The van der Waals surface area contributed by atoms with E-state index in [-0.39, 0.29) is 12.4 Å². The predicted molar refractivity (Wildman–Crippen MR) is 64.6 cm³/mol. The van der Waals surface area contributed by atoms with Crippen molar-refractivity contribution in [2.24, 2.45) is 0 Å². The lowest BCUT2D eigenvalue weighted by Gasteiger charge is -2.14. The molecule has 8 heteroatoms. The molecule has 0 saturated heterocycles. The van der Waals surface area contributed by atoms with Crippen LogP contribution in [0.3, 0.4) is 0 Å². The van der Waals surface area contributed by atoms with Crippen LogP contribution in [0, 0.1) is 0 Å². The topological polar surface area (TPSA) is 47.0 Å². The first-order valence-corrected chi connectivity index (χ1v) is 6.08. The summed E-state index contributed by atoms with van der Waals surface area (Å²) in [6.45, 7) is 2.88. The molecule has 0 spiro atoms. The van der Waals surface area contributed by atoms with Gasteiger partial charge in [0.15, 0.2) is 5.82 Å². The van der Waals surface area contributed by atoms with Crippen LogP contribution in [-0.4, -0.2) is 35.0 Å². The summed E-state index contributed by atoms with van der Waals surface area (Å²) in [4.78, 5) is 7.83. The van der Waals surface area contributed by atoms with Crippen LogP contribution < -0.4 is 5.32 Å². The van der Waals surface area contributed by atoms with Gasteiger partial charge in [-0.1, -0.05) is 13.8 Å². The number of nitrogens with zero attached hydrogens (tertiary/aromatic N) is 2. The van der Waals surface area contributed by atoms with Crippen molar-refractivity contribution in [3.05, 3.63) is 23.8 Å². The van der Waals surface area contributed by atoms with Gasteiger partial charge < -0.3 is 10.1 Å². The maximum Gasteiger partial charge on any atom is 0.330 e. The van der Waals surface area contributed by atoms with Gasteiger partial charge in [0.25, 0.3) is 0 Å². The number of nitrogens with one attached hydrogen (secondary N) is 1. The molecule has 1 N–H and O–H groups in total. The van der Waals surface area contributed by atoms with Crippen LogP contribution in [0.1, 0.15) is 25.2 Å². The normalized spacial score (nSPS) is 12.4. The van der Waals surface area contributed by atoms with E-state index < -0.39 is 19.0 Å². The summed E-state index contributed by atoms with van der Waals surface area (Å²) in [5.74, 6) is -3.98. The van der Waals surface area contributed by atoms with Gasteiger partial charge in [0.05, 0.1) is 0 Å². The summed E-state index contributed by atoms with van der Waals surface area (Å²) >= 11 is 0. The lowest BCUT2D eigenvalue weighted by molar-refractivity contribution is -0.168. The summed E-state index contributed by atoms with van der Waals surface area (Å²) in [7, 11) is 0. The summed E-state index contributed by atoms with van der Waals surface area (Å²) in [6, 6.07) is 0.314. The van der Waals surface area contributed by atoms with E-state index in [0.29, 0.717) is 12.6 Å². The monoisotopic (exact) mass is 295 g/mol. The van der Waals surface area contributed by atoms with Gasteiger partial charge in [-0.05, 0) is 0 Å². The summed E-state index contributed by atoms with van der Waals surface area (Å²) in [5, 5.41) is 3.16. The molecule has 0 atom stereocenters. The minimum Gasteiger partial charge on any atom is -0.367 e. The average molecular weight is 295 g/mol. The maximum absolute atomic E-state index is 12.6. The molecule has 0 aliphatic rings. The van der Waals surface area contributed by atoms with E-state index in [1.807, 2.05) is 13.8 Å². The molecule has 1 rings (SSSR count). The third-order valence-electron chi connectivity index (χ3n) is 2.32. The van der Waals surface area contributed by atoms with Gasteiger partial charge in [-0.25, -0.2) is 18.7 Å². The molecule has 0 radical (unpaired) electrons. The smallest absolute Gasteiger partial charge is 0.330 e. The number of aromatic nitrogens is 2. The fourth-order valence-corrected chi connectivity index (χ4v) is 1.21. The average Bonchev–Trinajstić information content (AvgIpc) is 2.37. The molecule has 1 aromatic heterocycles. The van der Waals surface area contributed by atoms with E-state index in [0.717, 1.165) is 5.56 Å². The first-order valence-electron chi connectivity index (χ1n) is 6.08. The lowest BCUT2D eigenvalue weighted by Crippen LogP contribution is -2.32. The molecule has 4 nitrogen and oxygen atoms in total. The van der Waals surface area contributed by atoms with Crippen LogP contribution in [0.25, 0.3) is 0 Å². The molecule has 0 fully saturated rings. The van der Waals surface area contributed by atoms with Crippen LogP contribution in [0.15, 0.2) is 12.4 Å². The number of ether oxygens (including phenoxy) is 1. The molecular weight excluding hydrogens is 278 g/mol. The Morgan fingerprint density at radius 3 is 2.35 bits per heavy atom. The van der Waals surface area contributed by atoms with Crippen molar-refractivity contribution in [1.82, 2.24) is 15.3 Å². The number of halogens is 4. The molecule has 0 aliphatic carbocycles. The summed E-state index contributed by atoms with van der Waals surface area (Å²) < 4.78 is 53.4. The third-order valence-corrected chi connectivity index (χ3v) is 2.32. The second-order valence-corrected chi connectivity index (χ2v) is 4.60. The van der Waals surface area contributed by atoms with Crippen LogP contribution in [0.5, 0.6) is 0 Å². The molecule has 0 aromatic carbocycles. The number of alkyl halides is 4. The Morgan fingerprint density at radius 1 is 1.25 bits per heavy atom. The van der Waals surface area contributed by atoms with Crippen molar-refractivity contribution in [3.63, 3.8) is 0 Å². The zero-order valence-electron chi connectivity index (χ0n) is 11.2. The van der Waals surface area contributed by atoms with E-state index in [1.54, 1.807) is 0 Å². The van der Waals surface area contributed by atoms with Gasteiger partial charge in [-0.3, -0.25) is 0 Å². The highest BCUT2D eigenvalue weighted by Crippen LogP contribution is 2.23. The van der Waals surface area contributed by atoms with Crippen LogP contribution in [-0.2, 0) is 17.9 Å². The van der Waals surface area contributed by atoms with E-state index in [9.17, 15) is 17.6 Å². The van der Waals surface area contributed by atoms with Crippen molar-refractivity contribution >= 4 is 0 Å². The van der Waals surface area contributed by atoms with Crippen LogP contribution in [0.2, 0.25) is 0 Å². The van der Waals surface area contributed by atoms with E-state index in [4.69, 9.17) is 0 Å². The summed E-state index contributed by atoms with van der Waals surface area (Å²) in [6.07, 6.45) is -0.675. The standard InChI is InChI=1S/C12H17F4N3O/c1-8(2)17-3-9-4-18-10(19-5-9)6-20-7-12(15,16)11(13)14/h4-5,8,11,17H,3,6-7H2,1-2H3.